The number of nitrogens with one attached hydrogen (secondary N) is 1. The van der Waals surface area contributed by atoms with Crippen molar-refractivity contribution in [2.24, 2.45) is 0 Å². The Bertz CT molecular complexity index is 971. The number of hydrogen-bond acceptors (Lipinski definition) is 5. The minimum absolute atomic E-state index is 0.0756. The van der Waals surface area contributed by atoms with Gasteiger partial charge in [-0.05, 0) is 49.3 Å². The van der Waals surface area contributed by atoms with Crippen molar-refractivity contribution in [2.45, 2.75) is 19.8 Å². The SMILES string of the molecule is CC1=CC(/C=C2/SC(=S)NC2=O)=C(C)C1c1cc(C(=O)O)cc(C(=O)O)c1. The van der Waals surface area contributed by atoms with Gasteiger partial charge >= 0.3 is 11.9 Å². The van der Waals surface area contributed by atoms with Gasteiger partial charge in [0.05, 0.1) is 16.0 Å². The number of carbonyl (C=O) groups excluding carboxylic acids is 1. The monoisotopic (exact) mass is 401 g/mol. The van der Waals surface area contributed by atoms with Crippen LogP contribution < -0.4 is 5.32 Å². The van der Waals surface area contributed by atoms with E-state index in [1.54, 1.807) is 6.08 Å². The summed E-state index contributed by atoms with van der Waals surface area (Å²) >= 11 is 6.18. The van der Waals surface area contributed by atoms with Gasteiger partial charge < -0.3 is 15.5 Å². The summed E-state index contributed by atoms with van der Waals surface area (Å²) < 4.78 is 0.403. The highest BCUT2D eigenvalue weighted by Gasteiger charge is 2.28. The molecule has 1 atom stereocenters. The Labute approximate surface area is 164 Å². The minimum Gasteiger partial charge on any atom is -0.478 e. The topological polar surface area (TPSA) is 104 Å². The molecule has 1 aliphatic carbocycles. The first-order valence-electron chi connectivity index (χ1n) is 7.92. The summed E-state index contributed by atoms with van der Waals surface area (Å²) in [5.41, 5.74) is 3.11. The maximum absolute atomic E-state index is 11.9. The van der Waals surface area contributed by atoms with Gasteiger partial charge in [0, 0.05) is 5.92 Å². The van der Waals surface area contributed by atoms with Crippen molar-refractivity contribution in [1.29, 1.82) is 0 Å². The van der Waals surface area contributed by atoms with E-state index in [1.807, 2.05) is 19.9 Å². The fourth-order valence-corrected chi connectivity index (χ4v) is 4.28. The molecule has 1 aliphatic heterocycles. The van der Waals surface area contributed by atoms with Gasteiger partial charge in [-0.15, -0.1) is 0 Å². The summed E-state index contributed by atoms with van der Waals surface area (Å²) in [6.07, 6.45) is 3.66. The van der Waals surface area contributed by atoms with E-state index in [1.165, 1.54) is 23.9 Å². The van der Waals surface area contributed by atoms with Crippen LogP contribution >= 0.6 is 24.0 Å². The van der Waals surface area contributed by atoms with Gasteiger partial charge in [-0.1, -0.05) is 41.2 Å². The average Bonchev–Trinajstić information content (AvgIpc) is 3.05. The van der Waals surface area contributed by atoms with Gasteiger partial charge in [0.25, 0.3) is 5.91 Å². The minimum atomic E-state index is -1.18. The van der Waals surface area contributed by atoms with Crippen molar-refractivity contribution < 1.29 is 24.6 Å². The van der Waals surface area contributed by atoms with E-state index in [4.69, 9.17) is 12.2 Å². The Hall–Kier alpha value is -2.71. The molecule has 1 heterocycles. The Morgan fingerprint density at radius 1 is 1.15 bits per heavy atom. The number of benzene rings is 1. The van der Waals surface area contributed by atoms with Crippen molar-refractivity contribution in [3.05, 3.63) is 68.7 Å². The Morgan fingerprint density at radius 2 is 1.74 bits per heavy atom. The number of carboxylic acid groups (broad SMARTS) is 2. The Balaban J connectivity index is 2.07. The van der Waals surface area contributed by atoms with Crippen LogP contribution in [0.3, 0.4) is 0 Å². The third-order valence-electron chi connectivity index (χ3n) is 4.44. The second-order valence-electron chi connectivity index (χ2n) is 6.27. The van der Waals surface area contributed by atoms with E-state index < -0.39 is 11.9 Å². The second kappa shape index (κ2) is 7.13. The average molecular weight is 401 g/mol. The molecule has 0 aromatic heterocycles. The quantitative estimate of drug-likeness (QED) is 0.524. The van der Waals surface area contributed by atoms with E-state index in [0.29, 0.717) is 14.8 Å². The van der Waals surface area contributed by atoms with Gasteiger partial charge in [0.1, 0.15) is 4.32 Å². The lowest BCUT2D eigenvalue weighted by Crippen LogP contribution is -2.17. The Kier molecular flexibility index (Phi) is 5.03. The molecule has 6 nitrogen and oxygen atoms in total. The molecule has 1 aromatic carbocycles. The van der Waals surface area contributed by atoms with Crippen molar-refractivity contribution >= 4 is 46.1 Å². The van der Waals surface area contributed by atoms with E-state index in [9.17, 15) is 24.6 Å². The maximum Gasteiger partial charge on any atom is 0.335 e. The highest BCUT2D eigenvalue weighted by Crippen LogP contribution is 2.41. The maximum atomic E-state index is 11.9. The largest absolute Gasteiger partial charge is 0.478 e. The zero-order valence-electron chi connectivity index (χ0n) is 14.4. The molecule has 3 rings (SSSR count). The third-order valence-corrected chi connectivity index (χ3v) is 5.60. The Morgan fingerprint density at radius 3 is 2.22 bits per heavy atom. The predicted octanol–water partition coefficient (Wildman–Crippen LogP) is 3.47. The van der Waals surface area contributed by atoms with Gasteiger partial charge in [-0.25, -0.2) is 9.59 Å². The molecule has 3 N–H and O–H groups in total. The molecule has 0 bridgehead atoms. The lowest BCUT2D eigenvalue weighted by Gasteiger charge is -2.17. The number of amides is 1. The second-order valence-corrected chi connectivity index (χ2v) is 7.98. The highest BCUT2D eigenvalue weighted by atomic mass is 32.2. The fraction of sp³-hybridized carbons (Fsp3) is 0.158. The lowest BCUT2D eigenvalue weighted by molar-refractivity contribution is -0.115. The zero-order chi connectivity index (χ0) is 19.9. The van der Waals surface area contributed by atoms with Crippen LogP contribution in [0.1, 0.15) is 46.0 Å². The van der Waals surface area contributed by atoms with Crippen LogP contribution in [0.15, 0.2) is 52.0 Å². The van der Waals surface area contributed by atoms with Crippen LogP contribution in [0.4, 0.5) is 0 Å². The molecule has 1 aromatic rings. The molecule has 1 unspecified atom stereocenters. The van der Waals surface area contributed by atoms with E-state index >= 15 is 0 Å². The molecular formula is C19H15NO5S2. The van der Waals surface area contributed by atoms with E-state index in [-0.39, 0.29) is 23.0 Å². The summed E-state index contributed by atoms with van der Waals surface area (Å²) in [6, 6.07) is 4.12. The first-order chi connectivity index (χ1) is 12.7. The number of carbonyl (C=O) groups is 3. The van der Waals surface area contributed by atoms with Gasteiger partial charge in [0.15, 0.2) is 0 Å². The first kappa shape index (κ1) is 19.1. The number of aromatic carboxylic acids is 2. The highest BCUT2D eigenvalue weighted by molar-refractivity contribution is 8.26. The van der Waals surface area contributed by atoms with Crippen molar-refractivity contribution in [1.82, 2.24) is 5.32 Å². The zero-order valence-corrected chi connectivity index (χ0v) is 16.0. The third kappa shape index (κ3) is 3.72. The number of thiocarbonyl (C=S) groups is 1. The van der Waals surface area contributed by atoms with Crippen LogP contribution in [-0.4, -0.2) is 32.4 Å². The van der Waals surface area contributed by atoms with Crippen molar-refractivity contribution in [2.75, 3.05) is 0 Å². The number of allylic oxidation sites excluding steroid dienone is 5. The van der Waals surface area contributed by atoms with Gasteiger partial charge in [0.2, 0.25) is 0 Å². The predicted molar refractivity (Wildman–Crippen MR) is 106 cm³/mol. The molecule has 2 aliphatic rings. The smallest absolute Gasteiger partial charge is 0.335 e. The molecule has 0 spiro atoms. The standard InChI is InChI=1S/C19H15NO5S2/c1-8-3-10(7-14-16(21)20-19(26)27-14)9(2)15(8)11-4-12(17(22)23)6-13(5-11)18(24)25/h3-7,15H,1-2H3,(H,22,23)(H,24,25)(H,20,21,26)/b14-7+. The number of thioether (sulfide) groups is 1. The number of rotatable bonds is 4. The summed E-state index contributed by atoms with van der Waals surface area (Å²) in [5.74, 6) is -2.87. The van der Waals surface area contributed by atoms with Gasteiger partial charge in [-0.3, -0.25) is 4.79 Å². The molecular weight excluding hydrogens is 386 g/mol. The number of carboxylic acids is 2. The molecule has 0 radical (unpaired) electrons. The summed E-state index contributed by atoms with van der Waals surface area (Å²) in [6.45, 7) is 3.77. The molecule has 138 valence electrons. The van der Waals surface area contributed by atoms with Crippen LogP contribution in [0.2, 0.25) is 0 Å². The fourth-order valence-electron chi connectivity index (χ4n) is 3.25. The summed E-state index contributed by atoms with van der Waals surface area (Å²) in [7, 11) is 0. The van der Waals surface area contributed by atoms with Crippen LogP contribution in [0.25, 0.3) is 0 Å². The summed E-state index contributed by atoms with van der Waals surface area (Å²) in [5, 5.41) is 21.2. The molecule has 0 saturated carbocycles. The summed E-state index contributed by atoms with van der Waals surface area (Å²) in [4.78, 5) is 35.1. The number of hydrogen-bond donors (Lipinski definition) is 3. The molecule has 1 amide bonds. The molecule has 1 fully saturated rings. The van der Waals surface area contributed by atoms with E-state index in [0.717, 1.165) is 22.8 Å². The van der Waals surface area contributed by atoms with Crippen LogP contribution in [-0.2, 0) is 4.79 Å². The molecule has 1 saturated heterocycles. The van der Waals surface area contributed by atoms with Crippen LogP contribution in [0, 0.1) is 0 Å². The van der Waals surface area contributed by atoms with Gasteiger partial charge in [-0.2, -0.15) is 0 Å². The first-order valence-corrected chi connectivity index (χ1v) is 9.15. The molecule has 8 heteroatoms. The normalized spacial score (nSPS) is 20.9. The molecule has 27 heavy (non-hydrogen) atoms. The van der Waals surface area contributed by atoms with Crippen molar-refractivity contribution in [3.63, 3.8) is 0 Å². The lowest BCUT2D eigenvalue weighted by atomic mass is 9.87. The van der Waals surface area contributed by atoms with E-state index in [2.05, 4.69) is 5.32 Å². The van der Waals surface area contributed by atoms with Crippen molar-refractivity contribution in [3.8, 4) is 0 Å². The van der Waals surface area contributed by atoms with Crippen LogP contribution in [0.5, 0.6) is 0 Å².